The lowest BCUT2D eigenvalue weighted by molar-refractivity contribution is -0.119. The Morgan fingerprint density at radius 2 is 1.80 bits per heavy atom. The maximum Gasteiger partial charge on any atom is 0.329 e. The lowest BCUT2D eigenvalue weighted by Crippen LogP contribution is -2.29. The molecule has 2 aromatic rings. The van der Waals surface area contributed by atoms with Gasteiger partial charge in [-0.1, -0.05) is 30.3 Å². The fourth-order valence-electron chi connectivity index (χ4n) is 3.09. The van der Waals surface area contributed by atoms with Crippen LogP contribution in [0.15, 0.2) is 48.5 Å². The van der Waals surface area contributed by atoms with Crippen molar-refractivity contribution in [3.05, 3.63) is 54.1 Å². The van der Waals surface area contributed by atoms with Gasteiger partial charge in [0.2, 0.25) is 0 Å². The number of halogens is 1. The van der Waals surface area contributed by atoms with Crippen molar-refractivity contribution in [2.75, 3.05) is 35.2 Å². The zero-order chi connectivity index (χ0) is 18.0. The van der Waals surface area contributed by atoms with Crippen molar-refractivity contribution in [1.82, 2.24) is 5.32 Å². The van der Waals surface area contributed by atoms with Crippen molar-refractivity contribution in [3.8, 4) is 0 Å². The summed E-state index contributed by atoms with van der Waals surface area (Å²) in [7, 11) is 1.98. The Morgan fingerprint density at radius 3 is 2.52 bits per heavy atom. The number of amides is 3. The predicted octanol–water partition coefficient (Wildman–Crippen LogP) is 3.16. The molecule has 0 saturated carbocycles. The van der Waals surface area contributed by atoms with Gasteiger partial charge >= 0.3 is 6.03 Å². The smallest absolute Gasteiger partial charge is 0.329 e. The molecule has 1 atom stereocenters. The first kappa shape index (κ1) is 17.1. The third-order valence-corrected chi connectivity index (χ3v) is 4.25. The average molecular weight is 359 g/mol. The number of benzene rings is 2. The molecule has 2 heterocycles. The molecule has 4 rings (SSSR count). The highest BCUT2D eigenvalue weighted by Crippen LogP contribution is 2.38. The molecular weight excluding hydrogens is 340 g/mol. The van der Waals surface area contributed by atoms with E-state index in [-0.39, 0.29) is 5.91 Å². The number of carbonyl (C=O) groups excluding carboxylic acids is 2. The van der Waals surface area contributed by atoms with Gasteiger partial charge in [0.05, 0.1) is 18.0 Å². The van der Waals surface area contributed by atoms with Gasteiger partial charge in [0, 0.05) is 19.1 Å². The summed E-state index contributed by atoms with van der Waals surface area (Å²) in [6.45, 7) is 0.728. The van der Waals surface area contributed by atoms with E-state index in [2.05, 4.69) is 27.1 Å². The molecule has 7 heteroatoms. The topological polar surface area (TPSA) is 64.7 Å². The van der Waals surface area contributed by atoms with Crippen molar-refractivity contribution in [1.29, 1.82) is 0 Å². The predicted molar refractivity (Wildman–Crippen MR) is 100 cm³/mol. The molecular formula is C18H19ClN4O2. The van der Waals surface area contributed by atoms with Crippen LogP contribution >= 0.6 is 11.6 Å². The fraction of sp³-hybridized carbons (Fsp3) is 0.222. The third kappa shape index (κ3) is 3.00. The molecule has 6 nitrogen and oxygen atoms in total. The van der Waals surface area contributed by atoms with Gasteiger partial charge in [-0.05, 0) is 23.8 Å². The van der Waals surface area contributed by atoms with E-state index in [9.17, 15) is 9.59 Å². The molecule has 130 valence electrons. The Bertz CT molecular complexity index is 797. The molecule has 0 bridgehead atoms. The Morgan fingerprint density at radius 1 is 1.08 bits per heavy atom. The number of nitrogens with zero attached hydrogens (tertiary/aromatic N) is 2. The molecule has 0 aliphatic carbocycles. The summed E-state index contributed by atoms with van der Waals surface area (Å²) >= 11 is 4.64. The number of imide groups is 1. The number of rotatable bonds is 2. The van der Waals surface area contributed by atoms with Gasteiger partial charge in [0.15, 0.2) is 0 Å². The largest absolute Gasteiger partial charge is 0.366 e. The minimum absolute atomic E-state index is 0.298. The van der Waals surface area contributed by atoms with Crippen LogP contribution in [0.25, 0.3) is 0 Å². The van der Waals surface area contributed by atoms with E-state index in [1.807, 2.05) is 55.6 Å². The second-order valence-electron chi connectivity index (χ2n) is 5.71. The van der Waals surface area contributed by atoms with Gasteiger partial charge < -0.3 is 10.2 Å². The van der Waals surface area contributed by atoms with Crippen LogP contribution in [0.3, 0.4) is 0 Å². The first-order chi connectivity index (χ1) is 12.1. The maximum atomic E-state index is 12.3. The molecule has 2 aliphatic rings. The molecule has 2 N–H and O–H groups in total. The fourth-order valence-corrected chi connectivity index (χ4v) is 3.09. The van der Waals surface area contributed by atoms with Crippen LogP contribution in [-0.4, -0.2) is 32.0 Å². The Kier molecular flexibility index (Phi) is 4.81. The lowest BCUT2D eigenvalue weighted by Gasteiger charge is -2.23. The number of nitrogens with one attached hydrogen (secondary N) is 2. The molecule has 1 unspecified atom stereocenters. The van der Waals surface area contributed by atoms with E-state index in [1.54, 1.807) is 0 Å². The van der Waals surface area contributed by atoms with Crippen LogP contribution in [-0.2, 0) is 4.79 Å². The minimum Gasteiger partial charge on any atom is -0.366 e. The molecule has 25 heavy (non-hydrogen) atoms. The highest BCUT2D eigenvalue weighted by Gasteiger charge is 2.40. The SMILES string of the molecule is CCl.CN1CNc2ccc(N3C(=O)NC(=O)C3c3ccccc3)cc21. The van der Waals surface area contributed by atoms with E-state index < -0.39 is 12.1 Å². The highest BCUT2D eigenvalue weighted by molar-refractivity contribution is 6.15. The lowest BCUT2D eigenvalue weighted by atomic mass is 10.1. The van der Waals surface area contributed by atoms with Crippen LogP contribution < -0.4 is 20.4 Å². The maximum absolute atomic E-state index is 12.3. The molecule has 2 aliphatic heterocycles. The average Bonchev–Trinajstić information content (AvgIpc) is 3.16. The quantitative estimate of drug-likeness (QED) is 0.639. The van der Waals surface area contributed by atoms with Crippen LogP contribution in [0, 0.1) is 0 Å². The van der Waals surface area contributed by atoms with Crippen LogP contribution in [0.4, 0.5) is 21.9 Å². The monoisotopic (exact) mass is 358 g/mol. The third-order valence-electron chi connectivity index (χ3n) is 4.25. The Labute approximate surface area is 151 Å². The van der Waals surface area contributed by atoms with Crippen LogP contribution in [0.2, 0.25) is 0 Å². The van der Waals surface area contributed by atoms with Gasteiger partial charge in [0.1, 0.15) is 6.04 Å². The van der Waals surface area contributed by atoms with Gasteiger partial charge in [-0.25, -0.2) is 4.79 Å². The van der Waals surface area contributed by atoms with Gasteiger partial charge in [-0.3, -0.25) is 15.0 Å². The first-order valence-electron chi connectivity index (χ1n) is 7.81. The van der Waals surface area contributed by atoms with E-state index in [0.29, 0.717) is 5.69 Å². The second-order valence-corrected chi connectivity index (χ2v) is 5.71. The summed E-state index contributed by atoms with van der Waals surface area (Å²) in [5.41, 5.74) is 3.54. The van der Waals surface area contributed by atoms with Gasteiger partial charge in [-0.15, -0.1) is 11.6 Å². The van der Waals surface area contributed by atoms with Crippen molar-refractivity contribution in [2.45, 2.75) is 6.04 Å². The van der Waals surface area contributed by atoms with E-state index in [4.69, 9.17) is 0 Å². The Hall–Kier alpha value is -2.73. The number of hydrogen-bond donors (Lipinski definition) is 2. The molecule has 0 spiro atoms. The van der Waals surface area contributed by atoms with Crippen molar-refractivity contribution >= 4 is 40.6 Å². The van der Waals surface area contributed by atoms with E-state index in [0.717, 1.165) is 23.6 Å². The highest BCUT2D eigenvalue weighted by atomic mass is 35.5. The number of anilines is 3. The van der Waals surface area contributed by atoms with Crippen LogP contribution in [0.5, 0.6) is 0 Å². The number of alkyl halides is 1. The summed E-state index contributed by atoms with van der Waals surface area (Å²) in [5.74, 6) is -0.298. The zero-order valence-corrected chi connectivity index (χ0v) is 14.7. The summed E-state index contributed by atoms with van der Waals surface area (Å²) in [6, 6.07) is 14.0. The van der Waals surface area contributed by atoms with Gasteiger partial charge in [0.25, 0.3) is 5.91 Å². The summed E-state index contributed by atoms with van der Waals surface area (Å²) in [6.07, 6.45) is 1.47. The molecule has 0 radical (unpaired) electrons. The van der Waals surface area contributed by atoms with Crippen molar-refractivity contribution in [2.24, 2.45) is 0 Å². The summed E-state index contributed by atoms with van der Waals surface area (Å²) in [4.78, 5) is 28.2. The molecule has 1 saturated heterocycles. The zero-order valence-electron chi connectivity index (χ0n) is 14.0. The standard InChI is InChI=1S/C17H16N4O2.CH3Cl/c1-20-10-18-13-8-7-12(9-14(13)20)21-15(16(22)19-17(21)23)11-5-3-2-4-6-11;1-2/h2-9,15,18H,10H2,1H3,(H,19,22,23);1H3. The number of fused-ring (bicyclic) bond motifs is 1. The van der Waals surface area contributed by atoms with E-state index in [1.165, 1.54) is 11.3 Å². The minimum atomic E-state index is -0.638. The number of hydrogen-bond acceptors (Lipinski definition) is 4. The number of carbonyl (C=O) groups is 2. The molecule has 2 aromatic carbocycles. The summed E-state index contributed by atoms with van der Waals surface area (Å²) in [5, 5.41) is 5.68. The molecule has 0 aromatic heterocycles. The molecule has 3 amide bonds. The first-order valence-corrected chi connectivity index (χ1v) is 8.56. The van der Waals surface area contributed by atoms with E-state index >= 15 is 0 Å². The Balaban J connectivity index is 0.000000880. The van der Waals surface area contributed by atoms with Crippen molar-refractivity contribution < 1.29 is 9.59 Å². The van der Waals surface area contributed by atoms with Gasteiger partial charge in [-0.2, -0.15) is 0 Å². The van der Waals surface area contributed by atoms with Crippen LogP contribution in [0.1, 0.15) is 11.6 Å². The normalized spacial score (nSPS) is 18.3. The second kappa shape index (κ2) is 7.03. The van der Waals surface area contributed by atoms with Crippen molar-refractivity contribution in [3.63, 3.8) is 0 Å². The molecule has 1 fully saturated rings. The summed E-state index contributed by atoms with van der Waals surface area (Å²) < 4.78 is 0. The number of urea groups is 1.